The summed E-state index contributed by atoms with van der Waals surface area (Å²) >= 11 is 0. The van der Waals surface area contributed by atoms with E-state index in [0.717, 1.165) is 5.69 Å². The van der Waals surface area contributed by atoms with Crippen molar-refractivity contribution in [3.63, 3.8) is 0 Å². The van der Waals surface area contributed by atoms with Crippen LogP contribution in [0.25, 0.3) is 11.0 Å². The number of rotatable bonds is 2. The van der Waals surface area contributed by atoms with E-state index in [-0.39, 0.29) is 35.1 Å². The summed E-state index contributed by atoms with van der Waals surface area (Å²) in [5, 5.41) is 11.2. The average molecular weight is 254 g/mol. The van der Waals surface area contributed by atoms with E-state index in [1.54, 1.807) is 16.7 Å². The maximum Gasteiger partial charge on any atom is 1.00 e. The summed E-state index contributed by atoms with van der Waals surface area (Å²) in [6.45, 7) is 4.21. The Labute approximate surface area is 126 Å². The number of pyridine rings is 2. The minimum absolute atomic E-state index is 0. The fourth-order valence-corrected chi connectivity index (χ4v) is 1.75. The molecule has 0 N–H and O–H groups in total. The normalized spacial score (nSPS) is 10.1. The van der Waals surface area contributed by atoms with Gasteiger partial charge < -0.3 is 14.5 Å². The van der Waals surface area contributed by atoms with Crippen molar-refractivity contribution in [1.82, 2.24) is 9.55 Å². The van der Waals surface area contributed by atoms with Crippen LogP contribution in [0.1, 0.15) is 23.0 Å². The third kappa shape index (κ3) is 2.48. The molecule has 0 aromatic carbocycles. The van der Waals surface area contributed by atoms with E-state index in [1.807, 2.05) is 13.8 Å². The van der Waals surface area contributed by atoms with Crippen molar-refractivity contribution in [3.8, 4) is 0 Å². The molecule has 0 aliphatic heterocycles. The summed E-state index contributed by atoms with van der Waals surface area (Å²) in [5.74, 6) is -1.46. The van der Waals surface area contributed by atoms with E-state index in [1.165, 1.54) is 6.20 Å². The molecule has 0 atom stereocenters. The Bertz CT molecular complexity index is 664. The molecule has 0 bridgehead atoms. The molecule has 0 amide bonds. The van der Waals surface area contributed by atoms with Crippen molar-refractivity contribution in [3.05, 3.63) is 39.8 Å². The van der Waals surface area contributed by atoms with Crippen LogP contribution in [0.15, 0.2) is 23.1 Å². The molecule has 2 heterocycles. The summed E-state index contributed by atoms with van der Waals surface area (Å²) in [6, 6.07) is 3.28. The van der Waals surface area contributed by atoms with Gasteiger partial charge in [0.2, 0.25) is 0 Å². The predicted octanol–water partition coefficient (Wildman–Crippen LogP) is -2.91. The molecule has 2 rings (SSSR count). The molecule has 0 aliphatic carbocycles. The minimum atomic E-state index is -1.46. The first-order valence-electron chi connectivity index (χ1n) is 5.26. The van der Waals surface area contributed by atoms with Gasteiger partial charge >= 0.3 is 29.6 Å². The molecule has 18 heavy (non-hydrogen) atoms. The average Bonchev–Trinajstić information content (AvgIpc) is 2.29. The van der Waals surface area contributed by atoms with Gasteiger partial charge in [-0.3, -0.25) is 4.79 Å². The van der Waals surface area contributed by atoms with Crippen LogP contribution in [0.5, 0.6) is 0 Å². The summed E-state index contributed by atoms with van der Waals surface area (Å²) in [5.41, 5.74) is 0.407. The Morgan fingerprint density at radius 1 is 1.44 bits per heavy atom. The van der Waals surface area contributed by atoms with E-state index in [2.05, 4.69) is 4.98 Å². The molecule has 5 nitrogen and oxygen atoms in total. The number of aromatic carboxylic acids is 1. The molecule has 0 saturated carbocycles. The summed E-state index contributed by atoms with van der Waals surface area (Å²) < 4.78 is 1.63. The topological polar surface area (TPSA) is 75.0 Å². The minimum Gasteiger partial charge on any atom is -0.545 e. The predicted molar refractivity (Wildman–Crippen MR) is 60.7 cm³/mol. The van der Waals surface area contributed by atoms with Gasteiger partial charge in [0, 0.05) is 18.4 Å². The number of carboxylic acids is 1. The largest absolute Gasteiger partial charge is 1.00 e. The summed E-state index contributed by atoms with van der Waals surface area (Å²) in [6.07, 6.45) is 1.28. The molecule has 6 heteroatoms. The second-order valence-corrected chi connectivity index (χ2v) is 3.77. The van der Waals surface area contributed by atoms with Crippen molar-refractivity contribution in [2.24, 2.45) is 0 Å². The van der Waals surface area contributed by atoms with E-state index in [9.17, 15) is 14.7 Å². The Balaban J connectivity index is 0.00000162. The summed E-state index contributed by atoms with van der Waals surface area (Å²) in [7, 11) is 0. The van der Waals surface area contributed by atoms with Gasteiger partial charge in [0.05, 0.1) is 16.9 Å². The van der Waals surface area contributed by atoms with Crippen LogP contribution >= 0.6 is 0 Å². The number of carbonyl (C=O) groups excluding carboxylic acids is 1. The van der Waals surface area contributed by atoms with Gasteiger partial charge in [-0.05, 0) is 26.0 Å². The van der Waals surface area contributed by atoms with Crippen LogP contribution in [0, 0.1) is 6.92 Å². The molecule has 2 aromatic heterocycles. The first-order valence-corrected chi connectivity index (χ1v) is 5.26. The number of nitrogens with zero attached hydrogens (tertiary/aromatic N) is 2. The Hall–Kier alpha value is -1.17. The maximum atomic E-state index is 11.9. The number of fused-ring (bicyclic) bond motifs is 1. The third-order valence-corrected chi connectivity index (χ3v) is 2.62. The van der Waals surface area contributed by atoms with Crippen molar-refractivity contribution in [1.29, 1.82) is 0 Å². The molecule has 0 spiro atoms. The maximum absolute atomic E-state index is 11.9. The van der Waals surface area contributed by atoms with Crippen LogP contribution in [-0.2, 0) is 6.54 Å². The van der Waals surface area contributed by atoms with Gasteiger partial charge in [0.15, 0.2) is 5.43 Å². The molecule has 88 valence electrons. The number of hydrogen-bond donors (Lipinski definition) is 0. The third-order valence-electron chi connectivity index (χ3n) is 2.62. The molecule has 2 aromatic rings. The molecule has 0 unspecified atom stereocenters. The number of aromatic nitrogens is 2. The fourth-order valence-electron chi connectivity index (χ4n) is 1.75. The van der Waals surface area contributed by atoms with Crippen LogP contribution < -0.4 is 40.1 Å². The van der Waals surface area contributed by atoms with Gasteiger partial charge in [-0.15, -0.1) is 0 Å². The SMILES string of the molecule is CCn1cc(C(=O)[O-])c(=O)c2ccc(C)nc21.[Na+]. The van der Waals surface area contributed by atoms with E-state index in [0.29, 0.717) is 17.6 Å². The first kappa shape index (κ1) is 14.9. The van der Waals surface area contributed by atoms with Gasteiger partial charge in [-0.1, -0.05) is 0 Å². The standard InChI is InChI=1S/C12H12N2O3.Na/c1-3-14-6-9(12(16)17)10(15)8-5-4-7(2)13-11(8)14;/h4-6H,3H2,1-2H3,(H,16,17);/q;+1/p-1. The smallest absolute Gasteiger partial charge is 0.545 e. The summed E-state index contributed by atoms with van der Waals surface area (Å²) in [4.78, 5) is 27.0. The van der Waals surface area contributed by atoms with Crippen LogP contribution in [0.2, 0.25) is 0 Å². The van der Waals surface area contributed by atoms with Crippen molar-refractivity contribution in [2.45, 2.75) is 20.4 Å². The van der Waals surface area contributed by atoms with E-state index < -0.39 is 11.4 Å². The van der Waals surface area contributed by atoms with Crippen molar-refractivity contribution >= 4 is 17.0 Å². The molecular weight excluding hydrogens is 243 g/mol. The first-order chi connectivity index (χ1) is 8.04. The second-order valence-electron chi connectivity index (χ2n) is 3.77. The van der Waals surface area contributed by atoms with Crippen molar-refractivity contribution in [2.75, 3.05) is 0 Å². The van der Waals surface area contributed by atoms with Gasteiger partial charge in [-0.2, -0.15) is 0 Å². The zero-order chi connectivity index (χ0) is 12.6. The molecule has 0 saturated heterocycles. The Morgan fingerprint density at radius 2 is 2.11 bits per heavy atom. The van der Waals surface area contributed by atoms with Gasteiger partial charge in [0.1, 0.15) is 5.65 Å². The van der Waals surface area contributed by atoms with Crippen molar-refractivity contribution < 1.29 is 39.5 Å². The van der Waals surface area contributed by atoms with Crippen LogP contribution in [0.4, 0.5) is 0 Å². The Kier molecular flexibility index (Phi) is 4.67. The van der Waals surface area contributed by atoms with E-state index >= 15 is 0 Å². The number of aryl methyl sites for hydroxylation is 2. The molecule has 0 fully saturated rings. The molecule has 0 aliphatic rings. The molecule has 0 radical (unpaired) electrons. The number of carbonyl (C=O) groups is 1. The molecular formula is C12H11N2NaO3. The second kappa shape index (κ2) is 5.65. The quantitative estimate of drug-likeness (QED) is 0.539. The fraction of sp³-hybridized carbons (Fsp3) is 0.250. The monoisotopic (exact) mass is 254 g/mol. The van der Waals surface area contributed by atoms with E-state index in [4.69, 9.17) is 0 Å². The Morgan fingerprint density at radius 3 is 2.67 bits per heavy atom. The van der Waals surface area contributed by atoms with Gasteiger partial charge in [-0.25, -0.2) is 4.98 Å². The van der Waals surface area contributed by atoms with Gasteiger partial charge in [0.25, 0.3) is 0 Å². The van der Waals surface area contributed by atoms with Crippen LogP contribution in [-0.4, -0.2) is 15.5 Å². The zero-order valence-electron chi connectivity index (χ0n) is 10.6. The number of hydrogen-bond acceptors (Lipinski definition) is 4. The number of carboxylic acid groups (broad SMARTS) is 1. The van der Waals surface area contributed by atoms with Crippen LogP contribution in [0.3, 0.4) is 0 Å². The zero-order valence-corrected chi connectivity index (χ0v) is 12.6.